The predicted molar refractivity (Wildman–Crippen MR) is 64.0 cm³/mol. The number of carbonyl (C=O) groups excluding carboxylic acids is 1. The van der Waals surface area contributed by atoms with Crippen molar-refractivity contribution in [2.24, 2.45) is 11.8 Å². The Morgan fingerprint density at radius 2 is 2.41 bits per heavy atom. The van der Waals surface area contributed by atoms with E-state index in [-0.39, 0.29) is 5.91 Å². The molecule has 1 amide bonds. The Morgan fingerprint density at radius 3 is 3.00 bits per heavy atom. The molecule has 0 saturated heterocycles. The van der Waals surface area contributed by atoms with Gasteiger partial charge in [-0.1, -0.05) is 0 Å². The second kappa shape index (κ2) is 4.89. The lowest BCUT2D eigenvalue weighted by Gasteiger charge is -2.24. The topological polar surface area (TPSA) is 71.5 Å². The molecular formula is C12H19N3O2. The summed E-state index contributed by atoms with van der Waals surface area (Å²) in [6.45, 7) is 2.93. The van der Waals surface area contributed by atoms with Crippen LogP contribution in [0.5, 0.6) is 0 Å². The van der Waals surface area contributed by atoms with Crippen molar-refractivity contribution in [1.29, 1.82) is 0 Å². The zero-order valence-electron chi connectivity index (χ0n) is 10.3. The molecule has 1 fully saturated rings. The van der Waals surface area contributed by atoms with Crippen LogP contribution < -0.4 is 11.3 Å². The molecule has 1 aromatic heterocycles. The quantitative estimate of drug-likeness (QED) is 0.457. The van der Waals surface area contributed by atoms with E-state index in [0.717, 1.165) is 11.5 Å². The van der Waals surface area contributed by atoms with E-state index in [4.69, 9.17) is 10.3 Å². The maximum absolute atomic E-state index is 11.4. The van der Waals surface area contributed by atoms with Crippen molar-refractivity contribution in [3.05, 3.63) is 23.7 Å². The fourth-order valence-corrected chi connectivity index (χ4v) is 2.08. The first-order chi connectivity index (χ1) is 8.13. The Morgan fingerprint density at radius 1 is 1.71 bits per heavy atom. The summed E-state index contributed by atoms with van der Waals surface area (Å²) < 4.78 is 5.16. The highest BCUT2D eigenvalue weighted by atomic mass is 16.3. The van der Waals surface area contributed by atoms with Crippen molar-refractivity contribution >= 4 is 5.91 Å². The van der Waals surface area contributed by atoms with Crippen molar-refractivity contribution in [2.45, 2.75) is 32.4 Å². The molecule has 1 atom stereocenters. The maximum Gasteiger partial charge on any atom is 0.301 e. The number of nitrogens with zero attached hydrogens (tertiary/aromatic N) is 1. The van der Waals surface area contributed by atoms with E-state index in [9.17, 15) is 4.79 Å². The SMILES string of the molecule is CC(C1CC1)N(C)Cc1ccoc1C(=O)NN. The molecule has 1 aliphatic rings. The summed E-state index contributed by atoms with van der Waals surface area (Å²) in [5.41, 5.74) is 2.97. The summed E-state index contributed by atoms with van der Waals surface area (Å²) >= 11 is 0. The number of furan rings is 1. The minimum Gasteiger partial charge on any atom is -0.459 e. The Bertz CT molecular complexity index is 398. The minimum absolute atomic E-state index is 0.308. The Kier molecular flexibility index (Phi) is 3.49. The fraction of sp³-hybridized carbons (Fsp3) is 0.583. The summed E-state index contributed by atoms with van der Waals surface area (Å²) in [6.07, 6.45) is 4.15. The van der Waals surface area contributed by atoms with Crippen LogP contribution in [0.4, 0.5) is 0 Å². The summed E-state index contributed by atoms with van der Waals surface area (Å²) in [7, 11) is 2.07. The molecule has 3 N–H and O–H groups in total. The lowest BCUT2D eigenvalue weighted by Crippen LogP contribution is -2.33. The number of hydrazine groups is 1. The molecule has 1 aromatic rings. The smallest absolute Gasteiger partial charge is 0.301 e. The molecule has 0 aliphatic heterocycles. The Labute approximate surface area is 101 Å². The van der Waals surface area contributed by atoms with Crippen LogP contribution >= 0.6 is 0 Å². The molecular weight excluding hydrogens is 218 g/mol. The van der Waals surface area contributed by atoms with Crippen LogP contribution in [0.25, 0.3) is 0 Å². The second-order valence-corrected chi connectivity index (χ2v) is 4.74. The zero-order chi connectivity index (χ0) is 12.4. The van der Waals surface area contributed by atoms with Gasteiger partial charge >= 0.3 is 5.91 Å². The summed E-state index contributed by atoms with van der Waals surface area (Å²) in [6, 6.07) is 2.36. The van der Waals surface area contributed by atoms with Gasteiger partial charge in [0.05, 0.1) is 6.26 Å². The van der Waals surface area contributed by atoms with Gasteiger partial charge in [0.2, 0.25) is 0 Å². The van der Waals surface area contributed by atoms with Gasteiger partial charge in [0.15, 0.2) is 5.76 Å². The van der Waals surface area contributed by atoms with Gasteiger partial charge < -0.3 is 4.42 Å². The number of hydrogen-bond acceptors (Lipinski definition) is 4. The van der Waals surface area contributed by atoms with E-state index in [0.29, 0.717) is 18.3 Å². The number of amides is 1. The van der Waals surface area contributed by atoms with Crippen LogP contribution in [0.2, 0.25) is 0 Å². The standard InChI is InChI=1S/C12H19N3O2/c1-8(9-3-4-9)15(2)7-10-5-6-17-11(10)12(16)14-13/h5-6,8-9H,3-4,7,13H2,1-2H3,(H,14,16). The first-order valence-electron chi connectivity index (χ1n) is 5.91. The van der Waals surface area contributed by atoms with Crippen LogP contribution in [0, 0.1) is 5.92 Å². The normalized spacial score (nSPS) is 17.2. The van der Waals surface area contributed by atoms with E-state index in [2.05, 4.69) is 24.3 Å². The fourth-order valence-electron chi connectivity index (χ4n) is 2.08. The molecule has 1 heterocycles. The summed E-state index contributed by atoms with van der Waals surface area (Å²) in [4.78, 5) is 13.7. The van der Waals surface area contributed by atoms with E-state index < -0.39 is 0 Å². The molecule has 5 heteroatoms. The number of nitrogens with one attached hydrogen (secondary N) is 1. The van der Waals surface area contributed by atoms with Gasteiger partial charge in [-0.15, -0.1) is 0 Å². The van der Waals surface area contributed by atoms with Gasteiger partial charge in [-0.25, -0.2) is 5.84 Å². The summed E-state index contributed by atoms with van der Waals surface area (Å²) in [5.74, 6) is 5.84. The third-order valence-electron chi connectivity index (χ3n) is 3.50. The molecule has 1 aliphatic carbocycles. The van der Waals surface area contributed by atoms with Gasteiger partial charge in [0, 0.05) is 18.2 Å². The third-order valence-corrected chi connectivity index (χ3v) is 3.50. The number of nitrogens with two attached hydrogens (primary N) is 1. The average molecular weight is 237 g/mol. The number of hydrogen-bond donors (Lipinski definition) is 2. The molecule has 5 nitrogen and oxygen atoms in total. The van der Waals surface area contributed by atoms with Gasteiger partial charge in [0.1, 0.15) is 0 Å². The summed E-state index contributed by atoms with van der Waals surface area (Å²) in [5, 5.41) is 0. The van der Waals surface area contributed by atoms with Crippen LogP contribution in [0.1, 0.15) is 35.9 Å². The van der Waals surface area contributed by atoms with Gasteiger partial charge in [-0.05, 0) is 38.8 Å². The Balaban J connectivity index is 2.02. The van der Waals surface area contributed by atoms with E-state index in [1.165, 1.54) is 19.1 Å². The zero-order valence-corrected chi connectivity index (χ0v) is 10.3. The predicted octanol–water partition coefficient (Wildman–Crippen LogP) is 1.11. The van der Waals surface area contributed by atoms with Crippen molar-refractivity contribution < 1.29 is 9.21 Å². The molecule has 0 aromatic carbocycles. The minimum atomic E-state index is -0.377. The van der Waals surface area contributed by atoms with Crippen LogP contribution in [0.3, 0.4) is 0 Å². The van der Waals surface area contributed by atoms with Crippen molar-refractivity contribution in [1.82, 2.24) is 10.3 Å². The molecule has 0 radical (unpaired) electrons. The molecule has 1 unspecified atom stereocenters. The third kappa shape index (κ3) is 2.68. The first-order valence-corrected chi connectivity index (χ1v) is 5.91. The largest absolute Gasteiger partial charge is 0.459 e. The van der Waals surface area contributed by atoms with Crippen LogP contribution in [0.15, 0.2) is 16.7 Å². The first kappa shape index (κ1) is 12.1. The second-order valence-electron chi connectivity index (χ2n) is 4.74. The van der Waals surface area contributed by atoms with Crippen molar-refractivity contribution in [3.63, 3.8) is 0 Å². The average Bonchev–Trinajstić information content (AvgIpc) is 3.08. The number of carbonyl (C=O) groups is 1. The number of rotatable bonds is 5. The Hall–Kier alpha value is -1.33. The molecule has 2 rings (SSSR count). The molecule has 17 heavy (non-hydrogen) atoms. The van der Waals surface area contributed by atoms with Crippen LogP contribution in [-0.2, 0) is 6.54 Å². The van der Waals surface area contributed by atoms with Gasteiger partial charge in [-0.2, -0.15) is 0 Å². The van der Waals surface area contributed by atoms with E-state index in [1.54, 1.807) is 0 Å². The molecule has 0 bridgehead atoms. The lowest BCUT2D eigenvalue weighted by atomic mass is 10.1. The van der Waals surface area contributed by atoms with Gasteiger partial charge in [-0.3, -0.25) is 15.1 Å². The van der Waals surface area contributed by atoms with Crippen LogP contribution in [-0.4, -0.2) is 23.9 Å². The highest BCUT2D eigenvalue weighted by Gasteiger charge is 2.31. The molecule has 1 saturated carbocycles. The maximum atomic E-state index is 11.4. The monoisotopic (exact) mass is 237 g/mol. The molecule has 94 valence electrons. The van der Waals surface area contributed by atoms with Crippen molar-refractivity contribution in [2.75, 3.05) is 7.05 Å². The highest BCUT2D eigenvalue weighted by molar-refractivity contribution is 5.92. The lowest BCUT2D eigenvalue weighted by molar-refractivity contribution is 0.0922. The van der Waals surface area contributed by atoms with E-state index in [1.807, 2.05) is 6.07 Å². The van der Waals surface area contributed by atoms with E-state index >= 15 is 0 Å². The van der Waals surface area contributed by atoms with Gasteiger partial charge in [0.25, 0.3) is 0 Å². The highest BCUT2D eigenvalue weighted by Crippen LogP contribution is 2.35. The number of nitrogen functional groups attached to an aromatic ring is 1. The van der Waals surface area contributed by atoms with Crippen molar-refractivity contribution in [3.8, 4) is 0 Å². The molecule has 0 spiro atoms.